The first-order chi connectivity index (χ1) is 12.8. The van der Waals surface area contributed by atoms with E-state index in [0.29, 0.717) is 22.8 Å². The molecule has 0 aliphatic rings. The predicted octanol–water partition coefficient (Wildman–Crippen LogP) is 4.33. The second kappa shape index (κ2) is 7.48. The van der Waals surface area contributed by atoms with E-state index in [1.165, 1.54) is 6.07 Å². The maximum atomic E-state index is 13.1. The number of nitrogens with zero attached hydrogens (tertiary/aromatic N) is 2. The molecule has 2 aromatic heterocycles. The highest BCUT2D eigenvalue weighted by atomic mass is 79.9. The summed E-state index contributed by atoms with van der Waals surface area (Å²) in [6.45, 7) is 4.98. The Labute approximate surface area is 163 Å². The number of rotatable bonds is 5. The number of carbonyl (C=O) groups is 2. The Balaban J connectivity index is 1.76. The SMILES string of the molecule is Cc1cc(-n2c(C)cc(C(=O)COC(=O)c3ccc(F)cc3Br)c2C)no1. The lowest BCUT2D eigenvalue weighted by Gasteiger charge is -2.07. The van der Waals surface area contributed by atoms with Crippen molar-refractivity contribution in [3.8, 4) is 5.82 Å². The monoisotopic (exact) mass is 434 g/mol. The van der Waals surface area contributed by atoms with Crippen LogP contribution in [0.5, 0.6) is 0 Å². The number of aryl methyl sites for hydroxylation is 2. The first-order valence-corrected chi connectivity index (χ1v) is 8.85. The molecule has 140 valence electrons. The van der Waals surface area contributed by atoms with Gasteiger partial charge in [-0.3, -0.25) is 9.36 Å². The van der Waals surface area contributed by atoms with Crippen molar-refractivity contribution in [1.29, 1.82) is 0 Å². The molecule has 0 bridgehead atoms. The number of ether oxygens (including phenoxy) is 1. The largest absolute Gasteiger partial charge is 0.454 e. The third-order valence-corrected chi connectivity index (χ3v) is 4.72. The number of ketones is 1. The van der Waals surface area contributed by atoms with Crippen molar-refractivity contribution >= 4 is 27.7 Å². The summed E-state index contributed by atoms with van der Waals surface area (Å²) in [5, 5.41) is 3.97. The third kappa shape index (κ3) is 3.85. The number of hydrogen-bond acceptors (Lipinski definition) is 5. The summed E-state index contributed by atoms with van der Waals surface area (Å²) in [5.41, 5.74) is 2.05. The van der Waals surface area contributed by atoms with Gasteiger partial charge in [0.15, 0.2) is 12.4 Å². The summed E-state index contributed by atoms with van der Waals surface area (Å²) >= 11 is 3.11. The summed E-state index contributed by atoms with van der Waals surface area (Å²) in [4.78, 5) is 24.7. The zero-order chi connectivity index (χ0) is 19.7. The van der Waals surface area contributed by atoms with E-state index in [-0.39, 0.29) is 15.8 Å². The summed E-state index contributed by atoms with van der Waals surface area (Å²) < 4.78 is 25.4. The number of Topliss-reactive ketones (excluding diaryl/α,β-unsaturated/α-hetero) is 1. The van der Waals surface area contributed by atoms with E-state index in [1.807, 2.05) is 6.92 Å². The Hall–Kier alpha value is -2.74. The minimum atomic E-state index is -0.712. The average Bonchev–Trinajstić information content (AvgIpc) is 3.15. The van der Waals surface area contributed by atoms with Crippen LogP contribution in [0.3, 0.4) is 0 Å². The van der Waals surface area contributed by atoms with Crippen molar-refractivity contribution in [2.45, 2.75) is 20.8 Å². The molecule has 0 spiro atoms. The first-order valence-electron chi connectivity index (χ1n) is 8.06. The van der Waals surface area contributed by atoms with E-state index in [0.717, 1.165) is 17.8 Å². The molecule has 3 rings (SSSR count). The molecule has 3 aromatic rings. The molecular weight excluding hydrogens is 419 g/mol. The third-order valence-electron chi connectivity index (χ3n) is 4.06. The molecule has 0 fully saturated rings. The Bertz CT molecular complexity index is 1040. The Morgan fingerprint density at radius 2 is 1.93 bits per heavy atom. The van der Waals surface area contributed by atoms with Gasteiger partial charge in [0.05, 0.1) is 5.56 Å². The van der Waals surface area contributed by atoms with E-state index in [9.17, 15) is 14.0 Å². The zero-order valence-corrected chi connectivity index (χ0v) is 16.5. The molecule has 0 aliphatic carbocycles. The van der Waals surface area contributed by atoms with Crippen LogP contribution in [0.4, 0.5) is 4.39 Å². The molecule has 0 unspecified atom stereocenters. The summed E-state index contributed by atoms with van der Waals surface area (Å²) in [6, 6.07) is 7.08. The van der Waals surface area contributed by atoms with Crippen molar-refractivity contribution < 1.29 is 23.2 Å². The molecule has 2 heterocycles. The molecule has 0 saturated heterocycles. The van der Waals surface area contributed by atoms with Gasteiger partial charge < -0.3 is 9.26 Å². The van der Waals surface area contributed by atoms with Crippen molar-refractivity contribution in [2.75, 3.05) is 6.61 Å². The number of benzene rings is 1. The maximum absolute atomic E-state index is 13.1. The van der Waals surface area contributed by atoms with Gasteiger partial charge in [-0.1, -0.05) is 5.16 Å². The number of halogens is 2. The van der Waals surface area contributed by atoms with Crippen molar-refractivity contribution in [3.63, 3.8) is 0 Å². The molecule has 0 radical (unpaired) electrons. The molecule has 8 heteroatoms. The first kappa shape index (κ1) is 19.0. The van der Waals surface area contributed by atoms with Crippen molar-refractivity contribution in [2.24, 2.45) is 0 Å². The van der Waals surface area contributed by atoms with Crippen LogP contribution in [0, 0.1) is 26.6 Å². The van der Waals surface area contributed by atoms with Gasteiger partial charge in [0.2, 0.25) is 5.78 Å². The smallest absolute Gasteiger partial charge is 0.339 e. The quantitative estimate of drug-likeness (QED) is 0.441. The fourth-order valence-corrected chi connectivity index (χ4v) is 3.31. The normalized spacial score (nSPS) is 10.9. The second-order valence-corrected chi connectivity index (χ2v) is 6.89. The Morgan fingerprint density at radius 3 is 2.56 bits per heavy atom. The van der Waals surface area contributed by atoms with E-state index < -0.39 is 18.4 Å². The second-order valence-electron chi connectivity index (χ2n) is 6.04. The van der Waals surface area contributed by atoms with Gasteiger partial charge in [0.25, 0.3) is 0 Å². The highest BCUT2D eigenvalue weighted by Crippen LogP contribution is 2.22. The topological polar surface area (TPSA) is 74.3 Å². The van der Waals surface area contributed by atoms with Crippen LogP contribution in [0.2, 0.25) is 0 Å². The Kier molecular flexibility index (Phi) is 5.27. The van der Waals surface area contributed by atoms with Gasteiger partial charge in [-0.2, -0.15) is 0 Å². The van der Waals surface area contributed by atoms with Gasteiger partial charge in [-0.05, 0) is 61.0 Å². The predicted molar refractivity (Wildman–Crippen MR) is 98.8 cm³/mol. The highest BCUT2D eigenvalue weighted by molar-refractivity contribution is 9.10. The van der Waals surface area contributed by atoms with Gasteiger partial charge in [0, 0.05) is 27.5 Å². The van der Waals surface area contributed by atoms with Gasteiger partial charge >= 0.3 is 5.97 Å². The molecule has 0 aliphatic heterocycles. The van der Waals surface area contributed by atoms with E-state index >= 15 is 0 Å². The molecule has 0 amide bonds. The van der Waals surface area contributed by atoms with Crippen LogP contribution in [0.25, 0.3) is 5.82 Å². The van der Waals surface area contributed by atoms with Gasteiger partial charge in [-0.15, -0.1) is 0 Å². The molecule has 0 atom stereocenters. The fourth-order valence-electron chi connectivity index (χ4n) is 2.80. The average molecular weight is 435 g/mol. The molecule has 0 N–H and O–H groups in total. The minimum Gasteiger partial charge on any atom is -0.454 e. The molecule has 27 heavy (non-hydrogen) atoms. The molecule has 6 nitrogen and oxygen atoms in total. The van der Waals surface area contributed by atoms with Crippen LogP contribution in [-0.2, 0) is 4.74 Å². The standard InChI is InChI=1S/C19H16BrFN2O4/c1-10-6-15(12(3)23(10)18-7-11(2)27-22-18)17(24)9-26-19(25)14-5-4-13(21)8-16(14)20/h4-8H,9H2,1-3H3. The van der Waals surface area contributed by atoms with Gasteiger partial charge in [0.1, 0.15) is 11.6 Å². The van der Waals surface area contributed by atoms with Gasteiger partial charge in [-0.25, -0.2) is 9.18 Å². The van der Waals surface area contributed by atoms with Crippen LogP contribution < -0.4 is 0 Å². The van der Waals surface area contributed by atoms with Crippen LogP contribution in [-0.4, -0.2) is 28.1 Å². The van der Waals surface area contributed by atoms with Crippen LogP contribution >= 0.6 is 15.9 Å². The lowest BCUT2D eigenvalue weighted by Crippen LogP contribution is -2.15. The molecule has 0 saturated carbocycles. The fraction of sp³-hybridized carbons (Fsp3) is 0.211. The lowest BCUT2D eigenvalue weighted by molar-refractivity contribution is 0.0473. The lowest BCUT2D eigenvalue weighted by atomic mass is 10.1. The van der Waals surface area contributed by atoms with E-state index in [2.05, 4.69) is 21.1 Å². The number of carbonyl (C=O) groups excluding carboxylic acids is 2. The number of esters is 1. The Morgan fingerprint density at radius 1 is 1.19 bits per heavy atom. The summed E-state index contributed by atoms with van der Waals surface area (Å²) in [7, 11) is 0. The highest BCUT2D eigenvalue weighted by Gasteiger charge is 2.20. The van der Waals surface area contributed by atoms with Crippen molar-refractivity contribution in [1.82, 2.24) is 9.72 Å². The van der Waals surface area contributed by atoms with Crippen LogP contribution in [0.15, 0.2) is 39.3 Å². The zero-order valence-electron chi connectivity index (χ0n) is 14.9. The maximum Gasteiger partial charge on any atom is 0.339 e. The van der Waals surface area contributed by atoms with E-state index in [1.54, 1.807) is 30.5 Å². The molecule has 1 aromatic carbocycles. The summed E-state index contributed by atoms with van der Waals surface area (Å²) in [6.07, 6.45) is 0. The van der Waals surface area contributed by atoms with E-state index in [4.69, 9.17) is 9.26 Å². The number of hydrogen-bond donors (Lipinski definition) is 0. The van der Waals surface area contributed by atoms with Crippen molar-refractivity contribution in [3.05, 3.63) is 68.9 Å². The number of aromatic nitrogens is 2. The summed E-state index contributed by atoms with van der Waals surface area (Å²) in [5.74, 6) is -0.305. The molecular formula is C19H16BrFN2O4. The van der Waals surface area contributed by atoms with Crippen LogP contribution in [0.1, 0.15) is 37.9 Å². The minimum absolute atomic E-state index is 0.146.